The predicted molar refractivity (Wildman–Crippen MR) is 152 cm³/mol. The minimum absolute atomic E-state index is 0.251. The molecule has 3 aromatic carbocycles. The first-order valence-electron chi connectivity index (χ1n) is 13.7. The van der Waals surface area contributed by atoms with Crippen LogP contribution >= 0.6 is 0 Å². The number of unbranched alkanes of at least 4 members (excludes halogenated alkanes) is 1. The standard InChI is InChI=1S/C32H36FN3O4/c1-4-5-16-36-27(19-34-32(36)25-10-12-26(33)13-11-25)21-35(20-23-9-14-28-30(18-23)40-22-39-28)17-15-24-7-6-8-29(37-2)31(24)38-3/h6-14,18-19H,4-5,15-17,20-22H2,1-3H3. The van der Waals surface area contributed by atoms with Gasteiger partial charge in [-0.2, -0.15) is 0 Å². The lowest BCUT2D eigenvalue weighted by molar-refractivity contribution is 0.174. The number of halogens is 1. The number of ether oxygens (including phenoxy) is 4. The fourth-order valence-electron chi connectivity index (χ4n) is 5.10. The fraction of sp³-hybridized carbons (Fsp3) is 0.344. The van der Waals surface area contributed by atoms with Gasteiger partial charge in [0.2, 0.25) is 6.79 Å². The van der Waals surface area contributed by atoms with Crippen molar-refractivity contribution >= 4 is 0 Å². The van der Waals surface area contributed by atoms with Crippen LogP contribution in [0, 0.1) is 5.82 Å². The molecule has 0 N–H and O–H groups in total. The fourth-order valence-corrected chi connectivity index (χ4v) is 5.10. The van der Waals surface area contributed by atoms with Crippen LogP contribution < -0.4 is 18.9 Å². The molecule has 1 aliphatic rings. The van der Waals surface area contributed by atoms with Gasteiger partial charge in [-0.1, -0.05) is 31.5 Å². The summed E-state index contributed by atoms with van der Waals surface area (Å²) in [5.74, 6) is 3.65. The molecule has 0 radical (unpaired) electrons. The largest absolute Gasteiger partial charge is 0.493 e. The Balaban J connectivity index is 1.44. The van der Waals surface area contributed by atoms with Crippen molar-refractivity contribution in [1.82, 2.24) is 14.5 Å². The Labute approximate surface area is 235 Å². The Kier molecular flexibility index (Phi) is 8.86. The molecule has 1 aromatic heterocycles. The molecular weight excluding hydrogens is 509 g/mol. The van der Waals surface area contributed by atoms with Gasteiger partial charge in [0.25, 0.3) is 0 Å². The van der Waals surface area contributed by atoms with Crippen molar-refractivity contribution in [2.75, 3.05) is 27.6 Å². The van der Waals surface area contributed by atoms with Crippen LogP contribution in [-0.4, -0.2) is 42.0 Å². The first-order chi connectivity index (χ1) is 19.6. The molecule has 0 unspecified atom stereocenters. The maximum Gasteiger partial charge on any atom is 0.231 e. The highest BCUT2D eigenvalue weighted by molar-refractivity contribution is 5.56. The highest BCUT2D eigenvalue weighted by atomic mass is 19.1. The normalized spacial score (nSPS) is 12.2. The van der Waals surface area contributed by atoms with Gasteiger partial charge in [-0.15, -0.1) is 0 Å². The number of para-hydroxylation sites is 1. The van der Waals surface area contributed by atoms with E-state index < -0.39 is 0 Å². The summed E-state index contributed by atoms with van der Waals surface area (Å²) in [6.45, 7) is 5.47. The minimum Gasteiger partial charge on any atom is -0.493 e. The molecule has 7 nitrogen and oxygen atoms in total. The van der Waals surface area contributed by atoms with E-state index in [9.17, 15) is 4.39 Å². The first kappa shape index (κ1) is 27.5. The monoisotopic (exact) mass is 545 g/mol. The molecule has 0 saturated heterocycles. The number of rotatable bonds is 13. The first-order valence-corrected chi connectivity index (χ1v) is 13.7. The Morgan fingerprint density at radius 2 is 1.80 bits per heavy atom. The topological polar surface area (TPSA) is 58.0 Å². The van der Waals surface area contributed by atoms with Crippen molar-refractivity contribution in [1.29, 1.82) is 0 Å². The minimum atomic E-state index is -0.251. The molecule has 40 heavy (non-hydrogen) atoms. The molecule has 0 aliphatic carbocycles. The summed E-state index contributed by atoms with van der Waals surface area (Å²) in [6, 6.07) is 18.7. The Hall–Kier alpha value is -4.04. The van der Waals surface area contributed by atoms with Crippen LogP contribution in [0.3, 0.4) is 0 Å². The summed E-state index contributed by atoms with van der Waals surface area (Å²) in [5.41, 5.74) is 4.25. The lowest BCUT2D eigenvalue weighted by atomic mass is 10.1. The van der Waals surface area contributed by atoms with E-state index in [2.05, 4.69) is 34.6 Å². The highest BCUT2D eigenvalue weighted by Gasteiger charge is 2.19. The van der Waals surface area contributed by atoms with Gasteiger partial charge in [0, 0.05) is 31.7 Å². The van der Waals surface area contributed by atoms with E-state index in [1.54, 1.807) is 26.4 Å². The quantitative estimate of drug-likeness (QED) is 0.192. The van der Waals surface area contributed by atoms with Crippen molar-refractivity contribution in [3.8, 4) is 34.4 Å². The van der Waals surface area contributed by atoms with Crippen molar-refractivity contribution < 1.29 is 23.3 Å². The second kappa shape index (κ2) is 12.9. The van der Waals surface area contributed by atoms with E-state index in [-0.39, 0.29) is 12.6 Å². The van der Waals surface area contributed by atoms with E-state index in [1.807, 2.05) is 24.4 Å². The summed E-state index contributed by atoms with van der Waals surface area (Å²) >= 11 is 0. The molecule has 4 aromatic rings. The van der Waals surface area contributed by atoms with Crippen LogP contribution in [0.2, 0.25) is 0 Å². The smallest absolute Gasteiger partial charge is 0.231 e. The maximum absolute atomic E-state index is 13.6. The average molecular weight is 546 g/mol. The van der Waals surface area contributed by atoms with Crippen molar-refractivity contribution in [3.63, 3.8) is 0 Å². The van der Waals surface area contributed by atoms with Crippen LogP contribution in [0.25, 0.3) is 11.4 Å². The number of hydrogen-bond donors (Lipinski definition) is 0. The molecule has 2 heterocycles. The number of methoxy groups -OCH3 is 2. The van der Waals surface area contributed by atoms with E-state index >= 15 is 0 Å². The highest BCUT2D eigenvalue weighted by Crippen LogP contribution is 2.34. The third-order valence-electron chi connectivity index (χ3n) is 7.19. The van der Waals surface area contributed by atoms with Gasteiger partial charge < -0.3 is 23.5 Å². The summed E-state index contributed by atoms with van der Waals surface area (Å²) in [7, 11) is 3.33. The number of hydrogen-bond acceptors (Lipinski definition) is 6. The van der Waals surface area contributed by atoms with Gasteiger partial charge in [0.1, 0.15) is 11.6 Å². The Morgan fingerprint density at radius 3 is 2.58 bits per heavy atom. The third kappa shape index (κ3) is 6.23. The average Bonchev–Trinajstić information content (AvgIpc) is 3.61. The molecule has 5 rings (SSSR count). The Morgan fingerprint density at radius 1 is 0.975 bits per heavy atom. The van der Waals surface area contributed by atoms with E-state index in [0.717, 1.165) is 83.6 Å². The van der Waals surface area contributed by atoms with Gasteiger partial charge in [0.05, 0.1) is 26.1 Å². The van der Waals surface area contributed by atoms with Crippen LogP contribution in [0.1, 0.15) is 36.6 Å². The van der Waals surface area contributed by atoms with Gasteiger partial charge >= 0.3 is 0 Å². The third-order valence-corrected chi connectivity index (χ3v) is 7.19. The zero-order chi connectivity index (χ0) is 27.9. The second-order valence-corrected chi connectivity index (χ2v) is 9.89. The van der Waals surface area contributed by atoms with Crippen LogP contribution in [-0.2, 0) is 26.1 Å². The number of fused-ring (bicyclic) bond motifs is 1. The molecule has 0 bridgehead atoms. The molecule has 0 amide bonds. The lowest BCUT2D eigenvalue weighted by Gasteiger charge is -2.24. The summed E-state index contributed by atoms with van der Waals surface area (Å²) in [4.78, 5) is 7.19. The van der Waals surface area contributed by atoms with Gasteiger partial charge in [0.15, 0.2) is 23.0 Å². The SMILES string of the molecule is CCCCn1c(CN(CCc2cccc(OC)c2OC)Cc2ccc3c(c2)OCO3)cnc1-c1ccc(F)cc1. The predicted octanol–water partition coefficient (Wildman–Crippen LogP) is 6.48. The molecule has 210 valence electrons. The van der Waals surface area contributed by atoms with E-state index in [1.165, 1.54) is 12.1 Å². The molecule has 0 fully saturated rings. The number of benzene rings is 3. The number of imidazole rings is 1. The van der Waals surface area contributed by atoms with Gasteiger partial charge in [-0.3, -0.25) is 4.90 Å². The second-order valence-electron chi connectivity index (χ2n) is 9.89. The molecule has 0 spiro atoms. The summed E-state index contributed by atoms with van der Waals surface area (Å²) < 4.78 is 38.3. The van der Waals surface area contributed by atoms with Crippen LogP contribution in [0.5, 0.6) is 23.0 Å². The Bertz CT molecular complexity index is 1420. The zero-order valence-corrected chi connectivity index (χ0v) is 23.4. The molecule has 1 aliphatic heterocycles. The number of aromatic nitrogens is 2. The number of nitrogens with zero attached hydrogens (tertiary/aromatic N) is 3. The summed E-state index contributed by atoms with van der Waals surface area (Å²) in [5, 5.41) is 0. The van der Waals surface area contributed by atoms with Crippen molar-refractivity contribution in [2.24, 2.45) is 0 Å². The van der Waals surface area contributed by atoms with Crippen LogP contribution in [0.15, 0.2) is 66.9 Å². The van der Waals surface area contributed by atoms with Crippen LogP contribution in [0.4, 0.5) is 4.39 Å². The van der Waals surface area contributed by atoms with Crippen molar-refractivity contribution in [2.45, 2.75) is 45.8 Å². The molecule has 8 heteroatoms. The van der Waals surface area contributed by atoms with E-state index in [4.69, 9.17) is 23.9 Å². The zero-order valence-electron chi connectivity index (χ0n) is 23.4. The molecule has 0 saturated carbocycles. The van der Waals surface area contributed by atoms with Crippen molar-refractivity contribution in [3.05, 3.63) is 89.5 Å². The molecular formula is C32H36FN3O4. The summed E-state index contributed by atoms with van der Waals surface area (Å²) in [6.07, 6.45) is 4.82. The lowest BCUT2D eigenvalue weighted by Crippen LogP contribution is -2.27. The molecule has 0 atom stereocenters. The van der Waals surface area contributed by atoms with Gasteiger partial charge in [-0.25, -0.2) is 9.37 Å². The van der Waals surface area contributed by atoms with E-state index in [0.29, 0.717) is 13.1 Å². The van der Waals surface area contributed by atoms with Gasteiger partial charge in [-0.05, 0) is 66.4 Å². The maximum atomic E-state index is 13.6.